The Kier molecular flexibility index (Phi) is 20.2. The number of nitrogens with zero attached hydrogens (tertiary/aromatic N) is 3. The number of hydrogen-bond acceptors (Lipinski definition) is 15. The second kappa shape index (κ2) is 27.3. The number of carboxylic acids is 1. The van der Waals surface area contributed by atoms with Gasteiger partial charge in [-0.05, 0) is 80.5 Å². The smallest absolute Gasteiger partial charge is 0.338 e. The lowest BCUT2D eigenvalue weighted by molar-refractivity contribution is -0.202. The number of pyridine rings is 1. The van der Waals surface area contributed by atoms with Gasteiger partial charge in [-0.25, -0.2) is 9.18 Å². The van der Waals surface area contributed by atoms with Crippen LogP contribution in [0.25, 0.3) is 10.9 Å². The number of cyclic esters (lactones) is 1. The molecule has 450 valence electrons. The van der Waals surface area contributed by atoms with Gasteiger partial charge in [-0.2, -0.15) is 0 Å². The minimum absolute atomic E-state index is 0.0201. The molecule has 2 aromatic carbocycles. The van der Waals surface area contributed by atoms with Crippen LogP contribution in [0.4, 0.5) is 4.39 Å². The third-order valence-corrected chi connectivity index (χ3v) is 17.3. The van der Waals surface area contributed by atoms with E-state index in [-0.39, 0.29) is 139 Å². The summed E-state index contributed by atoms with van der Waals surface area (Å²) in [5.74, 6) is -9.89. The standard InChI is InChI=1S/C61H74FN7O15/c1-4-61(83)42-28-47-56-40(31-69(47)59(81)41(42)32-84-60(61)82)55-44(18-17-39-34(3)43(62)29-46(67-56)54(39)55)65-50(74)15-11-22-63-49(73)21-19-48(72)45(25-35-12-7-5-8-13-35)66-51(75)20-16-38(71)30-64-57(79)36(27-53(77)78)26-37(70)14-9-6-10-23-68-52(76)24-33(2)58(68)80/h5,7-8,12-13,29,33,36,41-42,44-45,47,83H,4,6,9-11,14-28,30-32H2,1-3H3,(H,63,73)(H,64,79)(H,65,74)(H,66,75)(H,77,78)/t33?,36-,41?,42?,44-,45-,47?,61-/m0/s1. The van der Waals surface area contributed by atoms with Crippen molar-refractivity contribution in [1.82, 2.24) is 36.1 Å². The van der Waals surface area contributed by atoms with E-state index in [2.05, 4.69) is 21.3 Å². The number of unbranched alkanes of at least 4 members (excludes halogenated alkanes) is 2. The number of aliphatic carboxylic acids is 1. The van der Waals surface area contributed by atoms with E-state index in [1.165, 1.54) is 11.0 Å². The predicted octanol–water partition coefficient (Wildman–Crippen LogP) is 3.95. The number of imide groups is 1. The number of Topliss-reactive ketones (excluding diaryl/α,β-unsaturated/α-hetero) is 3. The van der Waals surface area contributed by atoms with Crippen LogP contribution in [0.2, 0.25) is 0 Å². The zero-order valence-electron chi connectivity index (χ0n) is 47.7. The highest BCUT2D eigenvalue weighted by atomic mass is 19.1. The van der Waals surface area contributed by atoms with Gasteiger partial charge in [0.05, 0.1) is 54.1 Å². The van der Waals surface area contributed by atoms with Crippen molar-refractivity contribution in [1.29, 1.82) is 0 Å². The van der Waals surface area contributed by atoms with Crippen LogP contribution < -0.4 is 21.3 Å². The number of carbonyl (C=O) groups excluding carboxylic acids is 11. The van der Waals surface area contributed by atoms with Gasteiger partial charge < -0.3 is 41.1 Å². The molecule has 23 heteroatoms. The number of piperidine rings is 1. The second-order valence-electron chi connectivity index (χ2n) is 23.0. The summed E-state index contributed by atoms with van der Waals surface area (Å²) in [5.41, 5.74) is 2.55. The first-order valence-electron chi connectivity index (χ1n) is 29.2. The Morgan fingerprint density at radius 1 is 0.857 bits per heavy atom. The summed E-state index contributed by atoms with van der Waals surface area (Å²) >= 11 is 0. The summed E-state index contributed by atoms with van der Waals surface area (Å²) in [7, 11) is 0. The van der Waals surface area contributed by atoms with Gasteiger partial charge in [0.25, 0.3) is 0 Å². The number of fused-ring (bicyclic) bond motifs is 5. The molecule has 3 aromatic rings. The number of nitrogens with one attached hydrogen (secondary N) is 4. The molecule has 3 fully saturated rings. The first kappa shape index (κ1) is 62.2. The number of likely N-dealkylation sites (tertiary alicyclic amines) is 1. The monoisotopic (exact) mass is 1160 g/mol. The molecular formula is C61H74FN7O15. The highest BCUT2D eigenvalue weighted by Gasteiger charge is 2.59. The largest absolute Gasteiger partial charge is 0.481 e. The highest BCUT2D eigenvalue weighted by Crippen LogP contribution is 2.53. The van der Waals surface area contributed by atoms with Gasteiger partial charge in [0.1, 0.15) is 18.2 Å². The average molecular weight is 1160 g/mol. The molecule has 0 radical (unpaired) electrons. The number of amides is 7. The molecule has 5 aliphatic rings. The second-order valence-corrected chi connectivity index (χ2v) is 23.0. The molecule has 84 heavy (non-hydrogen) atoms. The Labute approximate surface area is 485 Å². The first-order valence-corrected chi connectivity index (χ1v) is 29.2. The first-order chi connectivity index (χ1) is 40.1. The summed E-state index contributed by atoms with van der Waals surface area (Å²) in [6.45, 7) is 4.90. The van der Waals surface area contributed by atoms with Crippen molar-refractivity contribution >= 4 is 81.5 Å². The van der Waals surface area contributed by atoms with Gasteiger partial charge in [-0.1, -0.05) is 50.6 Å². The average Bonchev–Trinajstić information content (AvgIpc) is 1.56. The topological polar surface area (TPSA) is 322 Å². The molecule has 7 amide bonds. The molecule has 8 atom stereocenters. The van der Waals surface area contributed by atoms with E-state index < -0.39 is 101 Å². The Hall–Kier alpha value is -7.82. The number of ether oxygens (including phenoxy) is 1. The Morgan fingerprint density at radius 3 is 2.32 bits per heavy atom. The quantitative estimate of drug-likeness (QED) is 0.0326. The third-order valence-electron chi connectivity index (χ3n) is 17.3. The lowest BCUT2D eigenvalue weighted by Gasteiger charge is -2.48. The van der Waals surface area contributed by atoms with E-state index in [0.29, 0.717) is 48.9 Å². The van der Waals surface area contributed by atoms with Crippen molar-refractivity contribution in [3.05, 3.63) is 75.7 Å². The van der Waals surface area contributed by atoms with Crippen molar-refractivity contribution < 1.29 is 76.9 Å². The van der Waals surface area contributed by atoms with E-state index in [4.69, 9.17) is 9.72 Å². The molecule has 3 saturated heterocycles. The summed E-state index contributed by atoms with van der Waals surface area (Å²) in [6.07, 6.45) is 1.000. The van der Waals surface area contributed by atoms with Gasteiger partial charge in [0, 0.05) is 99.9 Å². The lowest BCUT2D eigenvalue weighted by Crippen LogP contribution is -2.61. The van der Waals surface area contributed by atoms with Crippen LogP contribution in [0, 0.1) is 36.4 Å². The van der Waals surface area contributed by atoms with E-state index in [1.54, 1.807) is 56.0 Å². The zero-order valence-corrected chi connectivity index (χ0v) is 47.7. The van der Waals surface area contributed by atoms with Crippen molar-refractivity contribution in [2.24, 2.45) is 23.7 Å². The van der Waals surface area contributed by atoms with Gasteiger partial charge >= 0.3 is 11.9 Å². The van der Waals surface area contributed by atoms with Gasteiger partial charge in [0.2, 0.25) is 41.4 Å². The minimum Gasteiger partial charge on any atom is -0.481 e. The molecule has 1 aromatic heterocycles. The highest BCUT2D eigenvalue weighted by molar-refractivity contribution is 6.03. The number of halogens is 1. The molecular weight excluding hydrogens is 1090 g/mol. The molecule has 4 unspecified atom stereocenters. The van der Waals surface area contributed by atoms with Crippen molar-refractivity contribution in [2.45, 2.75) is 167 Å². The molecule has 1 aliphatic carbocycles. The zero-order chi connectivity index (χ0) is 60.6. The number of aliphatic hydroxyl groups is 1. The molecule has 0 saturated carbocycles. The summed E-state index contributed by atoms with van der Waals surface area (Å²) in [5, 5.41) is 32.6. The molecule has 8 rings (SSSR count). The van der Waals surface area contributed by atoms with Crippen LogP contribution in [-0.4, -0.2) is 134 Å². The number of ketones is 3. The Morgan fingerprint density at radius 2 is 1.61 bits per heavy atom. The molecule has 5 heterocycles. The van der Waals surface area contributed by atoms with Crippen LogP contribution in [0.3, 0.4) is 0 Å². The number of aryl methyl sites for hydroxylation is 1. The fourth-order valence-corrected chi connectivity index (χ4v) is 12.6. The van der Waals surface area contributed by atoms with Crippen LogP contribution in [0.1, 0.15) is 162 Å². The van der Waals surface area contributed by atoms with Gasteiger partial charge in [0.15, 0.2) is 17.2 Å². The fourth-order valence-electron chi connectivity index (χ4n) is 12.6. The van der Waals surface area contributed by atoms with E-state index in [1.807, 2.05) is 0 Å². The minimum atomic E-state index is -1.85. The number of esters is 1. The summed E-state index contributed by atoms with van der Waals surface area (Å²) in [6, 6.07) is 8.04. The normalized spacial score (nSPS) is 22.1. The Balaban J connectivity index is 0.782. The van der Waals surface area contributed by atoms with Crippen molar-refractivity contribution in [2.75, 3.05) is 26.2 Å². The number of benzene rings is 2. The third kappa shape index (κ3) is 14.2. The van der Waals surface area contributed by atoms with E-state index in [9.17, 15) is 67.7 Å². The maximum atomic E-state index is 15.4. The molecule has 22 nitrogen and oxygen atoms in total. The molecule has 6 N–H and O–H groups in total. The SMILES string of the molecule is CC[C@@]1(O)C(=O)OCC2C(=O)N3Cc4c(nc5cc(F)c(C)c6c5c4[C@@H](NC(=O)CCCNC(=O)CCC(=O)[C@H](Cc4ccccc4)NC(=O)CCC(=O)CNC(=O)[C@H](CC(=O)O)CC(=O)CCCCCN4C(=O)CC(C)C4=O)CC6)C3CC21. The Bertz CT molecular complexity index is 3130. The fraction of sp³-hybridized carbons (Fsp3) is 0.557. The number of aromatic nitrogens is 1. The predicted molar refractivity (Wildman–Crippen MR) is 297 cm³/mol. The molecule has 0 spiro atoms. The van der Waals surface area contributed by atoms with Gasteiger partial charge in [-0.15, -0.1) is 0 Å². The number of carbonyl (C=O) groups is 12. The van der Waals surface area contributed by atoms with Crippen LogP contribution >= 0.6 is 0 Å². The van der Waals surface area contributed by atoms with Crippen molar-refractivity contribution in [3.63, 3.8) is 0 Å². The number of rotatable bonds is 29. The van der Waals surface area contributed by atoms with E-state index >= 15 is 4.39 Å². The number of hydrogen-bond donors (Lipinski definition) is 6. The maximum absolute atomic E-state index is 15.4. The van der Waals surface area contributed by atoms with Crippen LogP contribution in [0.15, 0.2) is 36.4 Å². The summed E-state index contributed by atoms with van der Waals surface area (Å²) in [4.78, 5) is 163. The van der Waals surface area contributed by atoms with Crippen LogP contribution in [0.5, 0.6) is 0 Å². The maximum Gasteiger partial charge on any atom is 0.338 e. The number of carboxylic acid groups (broad SMARTS) is 1. The lowest BCUT2D eigenvalue weighted by atomic mass is 9.69. The van der Waals surface area contributed by atoms with Crippen LogP contribution in [-0.2, 0) is 81.7 Å². The molecule has 0 bridgehead atoms. The molecule has 4 aliphatic heterocycles. The van der Waals surface area contributed by atoms with Gasteiger partial charge in [-0.3, -0.25) is 62.6 Å². The summed E-state index contributed by atoms with van der Waals surface area (Å²) < 4.78 is 20.8. The van der Waals surface area contributed by atoms with Crippen molar-refractivity contribution in [3.8, 4) is 0 Å². The van der Waals surface area contributed by atoms with E-state index in [0.717, 1.165) is 27.6 Å².